The van der Waals surface area contributed by atoms with E-state index in [2.05, 4.69) is 23.8 Å². The van der Waals surface area contributed by atoms with Crippen LogP contribution in [0, 0.1) is 0 Å². The molecule has 0 aromatic carbocycles. The Kier molecular flexibility index (Phi) is 5.49. The van der Waals surface area contributed by atoms with Gasteiger partial charge in [-0.1, -0.05) is 6.08 Å². The average molecular weight is 226 g/mol. The third-order valence-electron chi connectivity index (χ3n) is 2.95. The van der Waals surface area contributed by atoms with Gasteiger partial charge in [0.25, 0.3) is 0 Å². The maximum atomic E-state index is 11.1. The number of carbonyl (C=O) groups is 1. The highest BCUT2D eigenvalue weighted by molar-refractivity contribution is 5.81. The van der Waals surface area contributed by atoms with Gasteiger partial charge in [-0.3, -0.25) is 4.90 Å². The van der Waals surface area contributed by atoms with Crippen LogP contribution in [0.4, 0.5) is 0 Å². The standard InChI is InChI=1S/C12H22N2O2/c1-4-16-12(15)6-5-7-14-9-8-13(3)11(2)10-14/h5-6,11H,4,7-10H2,1-3H3/b6-5+. The zero-order valence-corrected chi connectivity index (χ0v) is 10.5. The number of piperazine rings is 1. The maximum Gasteiger partial charge on any atom is 0.330 e. The van der Waals surface area contributed by atoms with Crippen LogP contribution >= 0.6 is 0 Å². The molecule has 1 aliphatic rings. The van der Waals surface area contributed by atoms with Gasteiger partial charge in [-0.15, -0.1) is 0 Å². The summed E-state index contributed by atoms with van der Waals surface area (Å²) in [6.45, 7) is 8.52. The minimum atomic E-state index is -0.246. The molecule has 0 amide bonds. The SMILES string of the molecule is CCOC(=O)/C=C/CN1CCN(C)C(C)C1. The van der Waals surface area contributed by atoms with Crippen LogP contribution in [-0.2, 0) is 9.53 Å². The summed E-state index contributed by atoms with van der Waals surface area (Å²) in [6, 6.07) is 0.588. The van der Waals surface area contributed by atoms with Crippen molar-refractivity contribution >= 4 is 5.97 Å². The summed E-state index contributed by atoms with van der Waals surface area (Å²) < 4.78 is 4.82. The fourth-order valence-electron chi connectivity index (χ4n) is 1.78. The molecule has 0 bridgehead atoms. The summed E-state index contributed by atoms with van der Waals surface area (Å²) in [5.74, 6) is -0.246. The van der Waals surface area contributed by atoms with E-state index in [0.717, 1.165) is 26.2 Å². The highest BCUT2D eigenvalue weighted by Gasteiger charge is 2.19. The first-order valence-corrected chi connectivity index (χ1v) is 5.89. The minimum absolute atomic E-state index is 0.246. The normalized spacial score (nSPS) is 23.8. The number of nitrogens with zero attached hydrogens (tertiary/aromatic N) is 2. The zero-order chi connectivity index (χ0) is 12.0. The predicted octanol–water partition coefficient (Wildman–Crippen LogP) is 0.742. The Morgan fingerprint density at radius 2 is 2.25 bits per heavy atom. The summed E-state index contributed by atoms with van der Waals surface area (Å²) in [7, 11) is 2.15. The van der Waals surface area contributed by atoms with Crippen molar-refractivity contribution < 1.29 is 9.53 Å². The van der Waals surface area contributed by atoms with Crippen molar-refractivity contribution in [2.75, 3.05) is 39.8 Å². The molecule has 1 aliphatic heterocycles. The Morgan fingerprint density at radius 1 is 1.50 bits per heavy atom. The van der Waals surface area contributed by atoms with Gasteiger partial charge < -0.3 is 9.64 Å². The summed E-state index contributed by atoms with van der Waals surface area (Å²) in [5.41, 5.74) is 0. The Morgan fingerprint density at radius 3 is 2.88 bits per heavy atom. The van der Waals surface area contributed by atoms with Crippen molar-refractivity contribution in [1.82, 2.24) is 9.80 Å². The highest BCUT2D eigenvalue weighted by Crippen LogP contribution is 2.06. The Labute approximate surface area is 97.9 Å². The first kappa shape index (κ1) is 13.2. The van der Waals surface area contributed by atoms with E-state index in [1.165, 1.54) is 6.08 Å². The summed E-state index contributed by atoms with van der Waals surface area (Å²) in [4.78, 5) is 15.8. The van der Waals surface area contributed by atoms with Crippen molar-refractivity contribution in [3.8, 4) is 0 Å². The van der Waals surface area contributed by atoms with Gasteiger partial charge in [0.2, 0.25) is 0 Å². The molecule has 0 aliphatic carbocycles. The number of rotatable bonds is 4. The first-order valence-electron chi connectivity index (χ1n) is 5.89. The van der Waals surface area contributed by atoms with E-state index in [-0.39, 0.29) is 5.97 Å². The van der Waals surface area contributed by atoms with Gasteiger partial charge in [-0.25, -0.2) is 4.79 Å². The summed E-state index contributed by atoms with van der Waals surface area (Å²) in [6.07, 6.45) is 3.41. The molecule has 0 aromatic heterocycles. The molecule has 0 saturated carbocycles. The van der Waals surface area contributed by atoms with E-state index in [0.29, 0.717) is 12.6 Å². The van der Waals surface area contributed by atoms with Crippen LogP contribution in [0.2, 0.25) is 0 Å². The topological polar surface area (TPSA) is 32.8 Å². The molecule has 1 unspecified atom stereocenters. The Bertz CT molecular complexity index is 253. The van der Waals surface area contributed by atoms with Gasteiger partial charge >= 0.3 is 5.97 Å². The molecule has 1 saturated heterocycles. The quantitative estimate of drug-likeness (QED) is 0.523. The number of likely N-dealkylation sites (N-methyl/N-ethyl adjacent to an activating group) is 1. The van der Waals surface area contributed by atoms with Crippen molar-refractivity contribution in [3.63, 3.8) is 0 Å². The van der Waals surface area contributed by atoms with E-state index in [4.69, 9.17) is 4.74 Å². The molecule has 0 N–H and O–H groups in total. The molecule has 1 fully saturated rings. The van der Waals surface area contributed by atoms with Gasteiger partial charge in [-0.05, 0) is 20.9 Å². The van der Waals surface area contributed by atoms with Gasteiger partial charge in [0.1, 0.15) is 0 Å². The second kappa shape index (κ2) is 6.66. The van der Waals surface area contributed by atoms with E-state index < -0.39 is 0 Å². The number of ether oxygens (including phenoxy) is 1. The van der Waals surface area contributed by atoms with Crippen molar-refractivity contribution in [2.24, 2.45) is 0 Å². The zero-order valence-electron chi connectivity index (χ0n) is 10.5. The molecule has 4 heteroatoms. The molecule has 92 valence electrons. The lowest BCUT2D eigenvalue weighted by atomic mass is 10.2. The van der Waals surface area contributed by atoms with Gasteiger partial charge in [-0.2, -0.15) is 0 Å². The van der Waals surface area contributed by atoms with E-state index in [9.17, 15) is 4.79 Å². The van der Waals surface area contributed by atoms with Crippen molar-refractivity contribution in [1.29, 1.82) is 0 Å². The third-order valence-corrected chi connectivity index (χ3v) is 2.95. The summed E-state index contributed by atoms with van der Waals surface area (Å²) in [5, 5.41) is 0. The molecule has 0 radical (unpaired) electrons. The van der Waals surface area contributed by atoms with Crippen LogP contribution in [0.1, 0.15) is 13.8 Å². The molecule has 1 rings (SSSR count). The lowest BCUT2D eigenvalue weighted by Gasteiger charge is -2.37. The van der Waals surface area contributed by atoms with Crippen molar-refractivity contribution in [3.05, 3.63) is 12.2 Å². The van der Waals surface area contributed by atoms with Gasteiger partial charge in [0, 0.05) is 38.3 Å². The summed E-state index contributed by atoms with van der Waals surface area (Å²) >= 11 is 0. The molecular formula is C12H22N2O2. The van der Waals surface area contributed by atoms with E-state index in [1.54, 1.807) is 0 Å². The van der Waals surface area contributed by atoms with Crippen LogP contribution in [-0.4, -0.2) is 61.6 Å². The van der Waals surface area contributed by atoms with Gasteiger partial charge in [0.15, 0.2) is 0 Å². The predicted molar refractivity (Wildman–Crippen MR) is 64.3 cm³/mol. The first-order chi connectivity index (χ1) is 7.63. The molecule has 1 heterocycles. The largest absolute Gasteiger partial charge is 0.463 e. The minimum Gasteiger partial charge on any atom is -0.463 e. The lowest BCUT2D eigenvalue weighted by Crippen LogP contribution is -2.49. The smallest absolute Gasteiger partial charge is 0.330 e. The maximum absolute atomic E-state index is 11.1. The number of esters is 1. The van der Waals surface area contributed by atoms with Crippen LogP contribution < -0.4 is 0 Å². The molecule has 0 aromatic rings. The molecular weight excluding hydrogens is 204 g/mol. The Balaban J connectivity index is 2.25. The van der Waals surface area contributed by atoms with E-state index >= 15 is 0 Å². The Hall–Kier alpha value is -0.870. The highest BCUT2D eigenvalue weighted by atomic mass is 16.5. The third kappa shape index (κ3) is 4.33. The van der Waals surface area contributed by atoms with E-state index in [1.807, 2.05) is 13.0 Å². The van der Waals surface area contributed by atoms with Crippen LogP contribution in [0.5, 0.6) is 0 Å². The second-order valence-electron chi connectivity index (χ2n) is 4.24. The fraction of sp³-hybridized carbons (Fsp3) is 0.750. The molecule has 16 heavy (non-hydrogen) atoms. The lowest BCUT2D eigenvalue weighted by molar-refractivity contribution is -0.137. The molecule has 4 nitrogen and oxygen atoms in total. The second-order valence-corrected chi connectivity index (χ2v) is 4.24. The average Bonchev–Trinajstić information content (AvgIpc) is 2.24. The number of hydrogen-bond donors (Lipinski definition) is 0. The van der Waals surface area contributed by atoms with Crippen LogP contribution in [0.3, 0.4) is 0 Å². The monoisotopic (exact) mass is 226 g/mol. The number of hydrogen-bond acceptors (Lipinski definition) is 4. The van der Waals surface area contributed by atoms with Crippen molar-refractivity contribution in [2.45, 2.75) is 19.9 Å². The molecule has 0 spiro atoms. The molecule has 1 atom stereocenters. The number of carbonyl (C=O) groups excluding carboxylic acids is 1. The fourth-order valence-corrected chi connectivity index (χ4v) is 1.78. The van der Waals surface area contributed by atoms with Gasteiger partial charge in [0.05, 0.1) is 6.61 Å². The van der Waals surface area contributed by atoms with Crippen LogP contribution in [0.15, 0.2) is 12.2 Å². The van der Waals surface area contributed by atoms with Crippen LogP contribution in [0.25, 0.3) is 0 Å².